The van der Waals surface area contributed by atoms with Crippen LogP contribution in [-0.2, 0) is 11.0 Å². The van der Waals surface area contributed by atoms with Gasteiger partial charge in [0.15, 0.2) is 0 Å². The molecule has 2 nitrogen and oxygen atoms in total. The van der Waals surface area contributed by atoms with E-state index in [1.165, 1.54) is 0 Å². The zero-order chi connectivity index (χ0) is 11.0. The van der Waals surface area contributed by atoms with E-state index in [0.717, 1.165) is 17.1 Å². The highest BCUT2D eigenvalue weighted by molar-refractivity contribution is 7.09. The smallest absolute Gasteiger partial charge is 0.0982 e. The quantitative estimate of drug-likeness (QED) is 0.818. The number of nitrogens with zero attached hydrogens (tertiary/aromatic N) is 1. The molecule has 0 amide bonds. The van der Waals surface area contributed by atoms with Gasteiger partial charge < -0.3 is 5.73 Å². The van der Waals surface area contributed by atoms with E-state index in [9.17, 15) is 0 Å². The second kappa shape index (κ2) is 3.63. The first-order valence-corrected chi connectivity index (χ1v) is 5.90. The van der Waals surface area contributed by atoms with Crippen LogP contribution in [0.25, 0.3) is 0 Å². The lowest BCUT2D eigenvalue weighted by Gasteiger charge is -2.20. The minimum absolute atomic E-state index is 0.132. The van der Waals surface area contributed by atoms with E-state index in [0.29, 0.717) is 0 Å². The molecule has 1 atom stereocenters. The molecule has 80 valence electrons. The predicted octanol–water partition coefficient (Wildman–Crippen LogP) is 3.02. The van der Waals surface area contributed by atoms with Crippen LogP contribution in [0.15, 0.2) is 5.38 Å². The van der Waals surface area contributed by atoms with E-state index in [-0.39, 0.29) is 11.0 Å². The molecule has 3 heteroatoms. The first-order valence-electron chi connectivity index (χ1n) is 5.03. The van der Waals surface area contributed by atoms with Crippen LogP contribution < -0.4 is 5.73 Å². The normalized spacial score (nSPS) is 16.7. The second-order valence-corrected chi connectivity index (χ2v) is 5.92. The Hall–Kier alpha value is -0.410. The molecule has 1 heterocycles. The van der Waals surface area contributed by atoms with Gasteiger partial charge >= 0.3 is 0 Å². The maximum absolute atomic E-state index is 6.14. The topological polar surface area (TPSA) is 38.9 Å². The van der Waals surface area contributed by atoms with Crippen molar-refractivity contribution in [3.05, 3.63) is 16.1 Å². The zero-order valence-corrected chi connectivity index (χ0v) is 10.5. The van der Waals surface area contributed by atoms with Crippen molar-refractivity contribution in [2.75, 3.05) is 0 Å². The highest BCUT2D eigenvalue weighted by Gasteiger charge is 2.25. The summed E-state index contributed by atoms with van der Waals surface area (Å²) in [4.78, 5) is 4.62. The molecule has 0 saturated carbocycles. The summed E-state index contributed by atoms with van der Waals surface area (Å²) in [5, 5.41) is 3.25. The molecule has 0 aliphatic carbocycles. The molecule has 14 heavy (non-hydrogen) atoms. The molecule has 0 spiro atoms. The highest BCUT2D eigenvalue weighted by atomic mass is 32.1. The van der Waals surface area contributed by atoms with Gasteiger partial charge in [0, 0.05) is 10.8 Å². The maximum Gasteiger partial charge on any atom is 0.0982 e. The van der Waals surface area contributed by atoms with Gasteiger partial charge in [-0.15, -0.1) is 11.3 Å². The molecule has 0 fully saturated rings. The summed E-state index contributed by atoms with van der Waals surface area (Å²) in [5.41, 5.74) is 7.02. The standard InChI is InChI=1S/C11H20N2S/c1-6-11(5,12)8-7-14-9(13-8)10(2,3)4/h7H,6,12H2,1-5H3. The third kappa shape index (κ3) is 2.34. The molecule has 1 aromatic heterocycles. The highest BCUT2D eigenvalue weighted by Crippen LogP contribution is 2.29. The monoisotopic (exact) mass is 212 g/mol. The largest absolute Gasteiger partial charge is 0.320 e. The molecule has 0 aliphatic heterocycles. The number of hydrogen-bond donors (Lipinski definition) is 1. The number of rotatable bonds is 2. The minimum atomic E-state index is -0.278. The van der Waals surface area contributed by atoms with Gasteiger partial charge in [-0.05, 0) is 13.3 Å². The van der Waals surface area contributed by atoms with Gasteiger partial charge in [0.05, 0.1) is 16.2 Å². The summed E-state index contributed by atoms with van der Waals surface area (Å²) in [7, 11) is 0. The molecule has 1 rings (SSSR count). The average molecular weight is 212 g/mol. The Labute approximate surface area is 90.6 Å². The maximum atomic E-state index is 6.14. The third-order valence-electron chi connectivity index (χ3n) is 2.47. The molecule has 0 bridgehead atoms. The number of hydrogen-bond acceptors (Lipinski definition) is 3. The van der Waals surface area contributed by atoms with Crippen molar-refractivity contribution in [1.29, 1.82) is 0 Å². The van der Waals surface area contributed by atoms with Crippen molar-refractivity contribution in [2.45, 2.75) is 52.0 Å². The molecule has 0 aromatic carbocycles. The Morgan fingerprint density at radius 2 is 1.93 bits per heavy atom. The summed E-state index contributed by atoms with van der Waals surface area (Å²) in [6.45, 7) is 10.7. The van der Waals surface area contributed by atoms with Gasteiger partial charge in [-0.25, -0.2) is 4.98 Å². The van der Waals surface area contributed by atoms with Crippen molar-refractivity contribution in [3.63, 3.8) is 0 Å². The third-order valence-corrected chi connectivity index (χ3v) is 3.73. The van der Waals surface area contributed by atoms with Crippen molar-refractivity contribution >= 4 is 11.3 Å². The van der Waals surface area contributed by atoms with E-state index >= 15 is 0 Å². The molecule has 0 radical (unpaired) electrons. The van der Waals surface area contributed by atoms with Gasteiger partial charge in [0.1, 0.15) is 0 Å². The van der Waals surface area contributed by atoms with E-state index in [2.05, 4.69) is 38.1 Å². The van der Waals surface area contributed by atoms with Crippen LogP contribution in [0.1, 0.15) is 51.7 Å². The van der Waals surface area contributed by atoms with Gasteiger partial charge in [-0.2, -0.15) is 0 Å². The van der Waals surface area contributed by atoms with Crippen LogP contribution in [-0.4, -0.2) is 4.98 Å². The Balaban J connectivity index is 3.00. The number of thiazole rings is 1. The Morgan fingerprint density at radius 3 is 2.29 bits per heavy atom. The second-order valence-electron chi connectivity index (χ2n) is 5.06. The van der Waals surface area contributed by atoms with Gasteiger partial charge in [0.2, 0.25) is 0 Å². The van der Waals surface area contributed by atoms with Crippen molar-refractivity contribution in [3.8, 4) is 0 Å². The van der Waals surface area contributed by atoms with E-state index in [4.69, 9.17) is 5.73 Å². The van der Waals surface area contributed by atoms with Crippen LogP contribution in [0, 0.1) is 0 Å². The zero-order valence-electron chi connectivity index (χ0n) is 9.72. The van der Waals surface area contributed by atoms with Crippen molar-refractivity contribution in [2.24, 2.45) is 5.73 Å². The summed E-state index contributed by atoms with van der Waals surface area (Å²) in [6, 6.07) is 0. The average Bonchev–Trinajstić information content (AvgIpc) is 2.51. The van der Waals surface area contributed by atoms with E-state index in [1.807, 2.05) is 6.92 Å². The van der Waals surface area contributed by atoms with Gasteiger partial charge in [-0.1, -0.05) is 27.7 Å². The van der Waals surface area contributed by atoms with Crippen LogP contribution in [0.5, 0.6) is 0 Å². The molecule has 2 N–H and O–H groups in total. The van der Waals surface area contributed by atoms with Crippen LogP contribution in [0.4, 0.5) is 0 Å². The lowest BCUT2D eigenvalue weighted by molar-refractivity contribution is 0.459. The summed E-state index contributed by atoms with van der Waals surface area (Å²) < 4.78 is 0. The fraction of sp³-hybridized carbons (Fsp3) is 0.727. The summed E-state index contributed by atoms with van der Waals surface area (Å²) in [5.74, 6) is 0. The Bertz CT molecular complexity index is 307. The SMILES string of the molecule is CCC(C)(N)c1csc(C(C)(C)C)n1. The number of nitrogens with two attached hydrogens (primary N) is 1. The van der Waals surface area contributed by atoms with Gasteiger partial charge in [0.25, 0.3) is 0 Å². The molecule has 1 aromatic rings. The lowest BCUT2D eigenvalue weighted by Crippen LogP contribution is -2.32. The fourth-order valence-electron chi connectivity index (χ4n) is 1.06. The molecule has 0 saturated heterocycles. The van der Waals surface area contributed by atoms with E-state index < -0.39 is 0 Å². The van der Waals surface area contributed by atoms with Crippen LogP contribution in [0.3, 0.4) is 0 Å². The molecular weight excluding hydrogens is 192 g/mol. The summed E-state index contributed by atoms with van der Waals surface area (Å²) >= 11 is 1.71. The van der Waals surface area contributed by atoms with E-state index in [1.54, 1.807) is 11.3 Å². The Kier molecular flexibility index (Phi) is 3.02. The van der Waals surface area contributed by atoms with Crippen molar-refractivity contribution in [1.82, 2.24) is 4.98 Å². The lowest BCUT2D eigenvalue weighted by atomic mass is 9.95. The molecule has 1 unspecified atom stereocenters. The fourth-order valence-corrected chi connectivity index (χ4v) is 2.11. The van der Waals surface area contributed by atoms with Gasteiger partial charge in [-0.3, -0.25) is 0 Å². The van der Waals surface area contributed by atoms with Crippen LogP contribution >= 0.6 is 11.3 Å². The van der Waals surface area contributed by atoms with Crippen LogP contribution in [0.2, 0.25) is 0 Å². The number of aromatic nitrogens is 1. The van der Waals surface area contributed by atoms with Crippen molar-refractivity contribution < 1.29 is 0 Å². The molecule has 0 aliphatic rings. The minimum Gasteiger partial charge on any atom is -0.320 e. The first kappa shape index (κ1) is 11.7. The summed E-state index contributed by atoms with van der Waals surface area (Å²) in [6.07, 6.45) is 0.917. The predicted molar refractivity (Wildman–Crippen MR) is 62.6 cm³/mol. The molecular formula is C11H20N2S. The first-order chi connectivity index (χ1) is 6.27. The Morgan fingerprint density at radius 1 is 1.36 bits per heavy atom.